The van der Waals surface area contributed by atoms with Crippen molar-refractivity contribution >= 4 is 35.2 Å². The number of nitrogens with zero attached hydrogens (tertiary/aromatic N) is 2. The lowest BCUT2D eigenvalue weighted by Gasteiger charge is -2.34. The molecule has 1 fully saturated rings. The second kappa shape index (κ2) is 12.7. The topological polar surface area (TPSA) is 100 Å². The molecule has 0 aliphatic carbocycles. The van der Waals surface area contributed by atoms with Crippen LogP contribution in [0.2, 0.25) is 5.02 Å². The number of carbonyl (C=O) groups excluding carboxylic acids is 3. The Labute approximate surface area is 220 Å². The number of halogens is 2. The zero-order valence-electron chi connectivity index (χ0n) is 21.2. The van der Waals surface area contributed by atoms with Gasteiger partial charge in [-0.1, -0.05) is 23.7 Å². The number of ether oxygens (including phenoxy) is 2. The van der Waals surface area contributed by atoms with Crippen LogP contribution in [0.1, 0.15) is 26.3 Å². The van der Waals surface area contributed by atoms with Crippen LogP contribution in [0.5, 0.6) is 5.75 Å². The Balaban J connectivity index is 1.47. The first-order chi connectivity index (χ1) is 17.5. The van der Waals surface area contributed by atoms with E-state index in [-0.39, 0.29) is 36.3 Å². The molecule has 0 spiro atoms. The maximum absolute atomic E-state index is 13.1. The van der Waals surface area contributed by atoms with E-state index >= 15 is 0 Å². The molecule has 37 heavy (non-hydrogen) atoms. The summed E-state index contributed by atoms with van der Waals surface area (Å²) in [5.74, 6) is -0.680. The number of alkyl carbamates (subject to hydrolysis) is 1. The summed E-state index contributed by atoms with van der Waals surface area (Å²) in [7, 11) is 0. The number of piperazine rings is 1. The van der Waals surface area contributed by atoms with Crippen molar-refractivity contribution in [3.8, 4) is 5.75 Å². The first-order valence-electron chi connectivity index (χ1n) is 11.9. The molecule has 0 bridgehead atoms. The lowest BCUT2D eigenvalue weighted by atomic mass is 10.2. The standard InChI is InChI=1S/C26H32ClFN4O5/c1-26(2,3)37-25(35)29-15-23(33)30-21-14-19(27)6-9-22(21)36-17-24(34)32-12-10-31(11-13-32)16-18-4-7-20(28)8-5-18/h4-9,14H,10-13,15-17H2,1-3H3,(H,29,35)(H,30,33). The Kier molecular flexibility index (Phi) is 9.71. The summed E-state index contributed by atoms with van der Waals surface area (Å²) < 4.78 is 23.9. The smallest absolute Gasteiger partial charge is 0.408 e. The number of hydrogen-bond donors (Lipinski definition) is 2. The van der Waals surface area contributed by atoms with Crippen LogP contribution in [-0.2, 0) is 20.9 Å². The van der Waals surface area contributed by atoms with Gasteiger partial charge in [-0.15, -0.1) is 0 Å². The lowest BCUT2D eigenvalue weighted by molar-refractivity contribution is -0.135. The van der Waals surface area contributed by atoms with Crippen LogP contribution < -0.4 is 15.4 Å². The van der Waals surface area contributed by atoms with Crippen molar-refractivity contribution in [1.29, 1.82) is 0 Å². The number of benzene rings is 2. The van der Waals surface area contributed by atoms with Gasteiger partial charge in [0, 0.05) is 37.7 Å². The molecule has 2 aromatic rings. The van der Waals surface area contributed by atoms with Gasteiger partial charge in [-0.05, 0) is 56.7 Å². The minimum atomic E-state index is -0.714. The Morgan fingerprint density at radius 3 is 2.35 bits per heavy atom. The minimum Gasteiger partial charge on any atom is -0.482 e. The van der Waals surface area contributed by atoms with Gasteiger partial charge >= 0.3 is 6.09 Å². The van der Waals surface area contributed by atoms with E-state index in [1.807, 2.05) is 0 Å². The molecule has 1 aliphatic rings. The van der Waals surface area contributed by atoms with Gasteiger partial charge in [0.15, 0.2) is 6.61 Å². The normalized spacial score (nSPS) is 14.1. The molecule has 1 saturated heterocycles. The van der Waals surface area contributed by atoms with E-state index in [9.17, 15) is 18.8 Å². The molecular weight excluding hydrogens is 503 g/mol. The molecule has 2 aromatic carbocycles. The van der Waals surface area contributed by atoms with Gasteiger partial charge in [0.2, 0.25) is 5.91 Å². The van der Waals surface area contributed by atoms with E-state index in [0.717, 1.165) is 5.56 Å². The van der Waals surface area contributed by atoms with Crippen LogP contribution in [-0.4, -0.2) is 72.6 Å². The van der Waals surface area contributed by atoms with E-state index in [0.29, 0.717) is 37.7 Å². The van der Waals surface area contributed by atoms with Gasteiger partial charge in [-0.3, -0.25) is 14.5 Å². The first kappa shape index (κ1) is 28.2. The Morgan fingerprint density at radius 2 is 1.70 bits per heavy atom. The molecular formula is C26H32ClFN4O5. The van der Waals surface area contributed by atoms with E-state index in [1.165, 1.54) is 18.2 Å². The van der Waals surface area contributed by atoms with Crippen molar-refractivity contribution in [2.45, 2.75) is 32.9 Å². The molecule has 0 unspecified atom stereocenters. The van der Waals surface area contributed by atoms with Crippen molar-refractivity contribution in [1.82, 2.24) is 15.1 Å². The van der Waals surface area contributed by atoms with Gasteiger partial charge in [-0.2, -0.15) is 0 Å². The summed E-state index contributed by atoms with van der Waals surface area (Å²) >= 11 is 6.07. The molecule has 0 atom stereocenters. The van der Waals surface area contributed by atoms with Crippen molar-refractivity contribution in [2.75, 3.05) is 44.6 Å². The van der Waals surface area contributed by atoms with Gasteiger partial charge in [0.1, 0.15) is 23.7 Å². The summed E-state index contributed by atoms with van der Waals surface area (Å²) in [5, 5.41) is 5.38. The number of amides is 3. The molecule has 1 heterocycles. The maximum atomic E-state index is 13.1. The van der Waals surface area contributed by atoms with Crippen LogP contribution in [0.25, 0.3) is 0 Å². The molecule has 3 amide bonds. The van der Waals surface area contributed by atoms with Crippen molar-refractivity contribution in [3.05, 3.63) is 58.9 Å². The highest BCUT2D eigenvalue weighted by molar-refractivity contribution is 6.31. The largest absolute Gasteiger partial charge is 0.482 e. The predicted molar refractivity (Wildman–Crippen MR) is 138 cm³/mol. The van der Waals surface area contributed by atoms with E-state index < -0.39 is 17.6 Å². The van der Waals surface area contributed by atoms with Crippen LogP contribution in [0.15, 0.2) is 42.5 Å². The average molecular weight is 535 g/mol. The highest BCUT2D eigenvalue weighted by Gasteiger charge is 2.22. The maximum Gasteiger partial charge on any atom is 0.408 e. The zero-order valence-corrected chi connectivity index (χ0v) is 21.9. The third-order valence-electron chi connectivity index (χ3n) is 5.40. The summed E-state index contributed by atoms with van der Waals surface area (Å²) in [6.07, 6.45) is -0.714. The van der Waals surface area contributed by atoms with Crippen molar-refractivity contribution < 1.29 is 28.2 Å². The van der Waals surface area contributed by atoms with Gasteiger partial charge in [0.25, 0.3) is 5.91 Å². The molecule has 0 radical (unpaired) electrons. The van der Waals surface area contributed by atoms with E-state index in [2.05, 4.69) is 15.5 Å². The van der Waals surface area contributed by atoms with Crippen molar-refractivity contribution in [3.63, 3.8) is 0 Å². The van der Waals surface area contributed by atoms with E-state index in [1.54, 1.807) is 49.9 Å². The van der Waals surface area contributed by atoms with Crippen LogP contribution in [0, 0.1) is 5.82 Å². The molecule has 9 nitrogen and oxygen atoms in total. The fraction of sp³-hybridized carbons (Fsp3) is 0.423. The molecule has 200 valence electrons. The fourth-order valence-corrected chi connectivity index (χ4v) is 3.79. The SMILES string of the molecule is CC(C)(C)OC(=O)NCC(=O)Nc1cc(Cl)ccc1OCC(=O)N1CCN(Cc2ccc(F)cc2)CC1. The second-order valence-electron chi connectivity index (χ2n) is 9.62. The highest BCUT2D eigenvalue weighted by atomic mass is 35.5. The average Bonchev–Trinajstić information content (AvgIpc) is 2.83. The van der Waals surface area contributed by atoms with Crippen LogP contribution >= 0.6 is 11.6 Å². The second-order valence-corrected chi connectivity index (χ2v) is 10.1. The van der Waals surface area contributed by atoms with E-state index in [4.69, 9.17) is 21.1 Å². The molecule has 2 N–H and O–H groups in total. The van der Waals surface area contributed by atoms with Crippen LogP contribution in [0.4, 0.5) is 14.9 Å². The number of rotatable bonds is 8. The van der Waals surface area contributed by atoms with Gasteiger partial charge < -0.3 is 25.0 Å². The first-order valence-corrected chi connectivity index (χ1v) is 12.3. The molecule has 1 aliphatic heterocycles. The number of nitrogens with one attached hydrogen (secondary N) is 2. The van der Waals surface area contributed by atoms with Gasteiger partial charge in [-0.25, -0.2) is 9.18 Å². The third kappa shape index (κ3) is 9.55. The summed E-state index contributed by atoms with van der Waals surface area (Å²) in [6.45, 7) is 7.79. The molecule has 0 saturated carbocycles. The Morgan fingerprint density at radius 1 is 1.03 bits per heavy atom. The minimum absolute atomic E-state index is 0.180. The summed E-state index contributed by atoms with van der Waals surface area (Å²) in [4.78, 5) is 40.8. The molecule has 3 rings (SSSR count). The molecule has 0 aromatic heterocycles. The zero-order chi connectivity index (χ0) is 27.0. The summed E-state index contributed by atoms with van der Waals surface area (Å²) in [6, 6.07) is 11.1. The fourth-order valence-electron chi connectivity index (χ4n) is 3.62. The number of hydrogen-bond acceptors (Lipinski definition) is 6. The Bertz CT molecular complexity index is 1100. The number of carbonyl (C=O) groups is 3. The Hall–Kier alpha value is -3.37. The van der Waals surface area contributed by atoms with Crippen molar-refractivity contribution in [2.24, 2.45) is 0 Å². The van der Waals surface area contributed by atoms with Crippen LogP contribution in [0.3, 0.4) is 0 Å². The predicted octanol–water partition coefficient (Wildman–Crippen LogP) is 3.67. The number of anilines is 1. The quantitative estimate of drug-likeness (QED) is 0.536. The monoisotopic (exact) mass is 534 g/mol. The third-order valence-corrected chi connectivity index (χ3v) is 5.64. The lowest BCUT2D eigenvalue weighted by Crippen LogP contribution is -2.49. The molecule has 11 heteroatoms. The highest BCUT2D eigenvalue weighted by Crippen LogP contribution is 2.28. The van der Waals surface area contributed by atoms with Gasteiger partial charge in [0.05, 0.1) is 5.69 Å². The summed E-state index contributed by atoms with van der Waals surface area (Å²) in [5.41, 5.74) is 0.611.